The summed E-state index contributed by atoms with van der Waals surface area (Å²) in [7, 11) is 0. The van der Waals surface area contributed by atoms with E-state index in [9.17, 15) is 4.79 Å². The number of carbonyl (C=O) groups is 1. The van der Waals surface area contributed by atoms with E-state index in [-0.39, 0.29) is 5.91 Å². The molecule has 18 heavy (non-hydrogen) atoms. The monoisotopic (exact) mass is 244 g/mol. The fourth-order valence-electron chi connectivity index (χ4n) is 3.26. The van der Waals surface area contributed by atoms with E-state index >= 15 is 0 Å². The Hall–Kier alpha value is -1.51. The molecule has 1 aliphatic carbocycles. The van der Waals surface area contributed by atoms with Crippen LogP contribution in [0.3, 0.4) is 0 Å². The lowest BCUT2D eigenvalue weighted by Gasteiger charge is -2.22. The Labute approximate surface area is 108 Å². The molecule has 3 heteroatoms. The van der Waals surface area contributed by atoms with Gasteiger partial charge in [-0.15, -0.1) is 0 Å². The van der Waals surface area contributed by atoms with Crippen molar-refractivity contribution in [2.75, 3.05) is 18.8 Å². The summed E-state index contributed by atoms with van der Waals surface area (Å²) in [6.07, 6.45) is 0.500. The van der Waals surface area contributed by atoms with Gasteiger partial charge in [-0.3, -0.25) is 4.79 Å². The number of nitrogen functional groups attached to an aromatic ring is 1. The van der Waals surface area contributed by atoms with Crippen LogP contribution in [0.25, 0.3) is 0 Å². The fraction of sp³-hybridized carbons (Fsp3) is 0.533. The molecule has 1 aliphatic heterocycles. The number of benzene rings is 1. The molecule has 3 rings (SSSR count). The molecular weight excluding hydrogens is 224 g/mol. The Balaban J connectivity index is 1.59. The Bertz CT molecular complexity index is 464. The molecule has 1 heterocycles. The number of likely N-dealkylation sites (tertiary alicyclic amines) is 1. The highest BCUT2D eigenvalue weighted by Gasteiger charge is 2.62. The molecule has 1 saturated heterocycles. The molecule has 1 aromatic rings. The first-order valence-electron chi connectivity index (χ1n) is 6.60. The van der Waals surface area contributed by atoms with Gasteiger partial charge in [-0.25, -0.2) is 0 Å². The molecule has 2 fully saturated rings. The Morgan fingerprint density at radius 3 is 2.39 bits per heavy atom. The number of rotatable bonds is 2. The van der Waals surface area contributed by atoms with Gasteiger partial charge in [-0.1, -0.05) is 26.0 Å². The predicted molar refractivity (Wildman–Crippen MR) is 71.9 cm³/mol. The third-order valence-electron chi connectivity index (χ3n) is 4.81. The number of amides is 1. The summed E-state index contributed by atoms with van der Waals surface area (Å²) < 4.78 is 0. The summed E-state index contributed by atoms with van der Waals surface area (Å²) in [5, 5.41) is 0. The van der Waals surface area contributed by atoms with Crippen LogP contribution in [0.15, 0.2) is 24.3 Å². The van der Waals surface area contributed by atoms with Crippen molar-refractivity contribution in [2.24, 2.45) is 17.3 Å². The number of nitrogens with zero attached hydrogens (tertiary/aromatic N) is 1. The minimum Gasteiger partial charge on any atom is -0.399 e. The second kappa shape index (κ2) is 3.74. The van der Waals surface area contributed by atoms with Gasteiger partial charge in [0.1, 0.15) is 0 Å². The molecule has 96 valence electrons. The molecule has 0 radical (unpaired) electrons. The Morgan fingerprint density at radius 2 is 1.83 bits per heavy atom. The maximum Gasteiger partial charge on any atom is 0.227 e. The smallest absolute Gasteiger partial charge is 0.227 e. The normalized spacial score (nSPS) is 28.0. The number of carbonyl (C=O) groups excluding carboxylic acids is 1. The highest BCUT2D eigenvalue weighted by atomic mass is 16.2. The number of anilines is 1. The summed E-state index contributed by atoms with van der Waals surface area (Å²) in [6, 6.07) is 7.59. The van der Waals surface area contributed by atoms with E-state index in [1.165, 1.54) is 0 Å². The maximum atomic E-state index is 12.2. The molecular formula is C15H20N2O. The molecule has 2 atom stereocenters. The maximum absolute atomic E-state index is 12.2. The van der Waals surface area contributed by atoms with E-state index in [1.54, 1.807) is 0 Å². The Kier molecular flexibility index (Phi) is 2.40. The van der Waals surface area contributed by atoms with E-state index in [0.717, 1.165) is 36.2 Å². The zero-order valence-corrected chi connectivity index (χ0v) is 11.0. The van der Waals surface area contributed by atoms with Crippen LogP contribution in [-0.4, -0.2) is 23.9 Å². The average molecular weight is 244 g/mol. The zero-order valence-electron chi connectivity index (χ0n) is 11.0. The van der Waals surface area contributed by atoms with Gasteiger partial charge in [0.25, 0.3) is 0 Å². The zero-order chi connectivity index (χ0) is 12.9. The van der Waals surface area contributed by atoms with Gasteiger partial charge in [0.2, 0.25) is 5.91 Å². The van der Waals surface area contributed by atoms with Gasteiger partial charge in [0, 0.05) is 18.8 Å². The number of hydrogen-bond acceptors (Lipinski definition) is 2. The summed E-state index contributed by atoms with van der Waals surface area (Å²) >= 11 is 0. The predicted octanol–water partition coefficient (Wildman–Crippen LogP) is 1.93. The summed E-state index contributed by atoms with van der Waals surface area (Å²) in [5.74, 6) is 1.71. The molecule has 1 saturated carbocycles. The first-order chi connectivity index (χ1) is 8.48. The SMILES string of the molecule is CC1(C)C2CN(C(=O)Cc3ccc(N)cc3)CC21. The van der Waals surface area contributed by atoms with Crippen molar-refractivity contribution >= 4 is 11.6 Å². The molecule has 0 aromatic heterocycles. The van der Waals surface area contributed by atoms with Crippen LogP contribution in [0.4, 0.5) is 5.69 Å². The van der Waals surface area contributed by atoms with Crippen molar-refractivity contribution < 1.29 is 4.79 Å². The molecule has 2 unspecified atom stereocenters. The third kappa shape index (κ3) is 1.78. The van der Waals surface area contributed by atoms with Crippen LogP contribution in [-0.2, 0) is 11.2 Å². The largest absolute Gasteiger partial charge is 0.399 e. The van der Waals surface area contributed by atoms with E-state index in [4.69, 9.17) is 5.73 Å². The van der Waals surface area contributed by atoms with E-state index in [2.05, 4.69) is 13.8 Å². The molecule has 2 aliphatic rings. The Morgan fingerprint density at radius 1 is 1.28 bits per heavy atom. The highest BCUT2D eigenvalue weighted by molar-refractivity contribution is 5.79. The first-order valence-corrected chi connectivity index (χ1v) is 6.60. The second-order valence-corrected chi connectivity index (χ2v) is 6.25. The van der Waals surface area contributed by atoms with E-state index < -0.39 is 0 Å². The van der Waals surface area contributed by atoms with Gasteiger partial charge in [0.05, 0.1) is 6.42 Å². The van der Waals surface area contributed by atoms with Gasteiger partial charge in [-0.05, 0) is 34.9 Å². The van der Waals surface area contributed by atoms with Crippen molar-refractivity contribution in [1.82, 2.24) is 4.90 Å². The van der Waals surface area contributed by atoms with E-state index in [0.29, 0.717) is 11.8 Å². The third-order valence-corrected chi connectivity index (χ3v) is 4.81. The van der Waals surface area contributed by atoms with Crippen molar-refractivity contribution in [1.29, 1.82) is 0 Å². The summed E-state index contributed by atoms with van der Waals surface area (Å²) in [5.41, 5.74) is 7.90. The highest BCUT2D eigenvalue weighted by Crippen LogP contribution is 2.61. The minimum atomic E-state index is 0.253. The van der Waals surface area contributed by atoms with Gasteiger partial charge in [-0.2, -0.15) is 0 Å². The second-order valence-electron chi connectivity index (χ2n) is 6.25. The lowest BCUT2D eigenvalue weighted by molar-refractivity contribution is -0.130. The lowest BCUT2D eigenvalue weighted by atomic mass is 10.1. The van der Waals surface area contributed by atoms with Crippen LogP contribution >= 0.6 is 0 Å². The van der Waals surface area contributed by atoms with Crippen molar-refractivity contribution in [3.05, 3.63) is 29.8 Å². The molecule has 3 nitrogen and oxygen atoms in total. The van der Waals surface area contributed by atoms with Crippen LogP contribution in [0, 0.1) is 17.3 Å². The summed E-state index contributed by atoms with van der Waals surface area (Å²) in [4.78, 5) is 14.2. The van der Waals surface area contributed by atoms with Crippen molar-refractivity contribution in [3.8, 4) is 0 Å². The van der Waals surface area contributed by atoms with Gasteiger partial charge >= 0.3 is 0 Å². The van der Waals surface area contributed by atoms with Gasteiger partial charge in [0.15, 0.2) is 0 Å². The van der Waals surface area contributed by atoms with Crippen molar-refractivity contribution in [3.63, 3.8) is 0 Å². The number of hydrogen-bond donors (Lipinski definition) is 1. The average Bonchev–Trinajstić information content (AvgIpc) is 2.72. The number of fused-ring (bicyclic) bond motifs is 1. The minimum absolute atomic E-state index is 0.253. The van der Waals surface area contributed by atoms with Gasteiger partial charge < -0.3 is 10.6 Å². The fourth-order valence-corrected chi connectivity index (χ4v) is 3.26. The quantitative estimate of drug-likeness (QED) is 0.808. The van der Waals surface area contributed by atoms with E-state index in [1.807, 2.05) is 29.2 Å². The number of piperidine rings is 1. The number of nitrogens with two attached hydrogens (primary N) is 1. The lowest BCUT2D eigenvalue weighted by Crippen LogP contribution is -2.33. The topological polar surface area (TPSA) is 46.3 Å². The molecule has 2 N–H and O–H groups in total. The van der Waals surface area contributed by atoms with Crippen LogP contribution < -0.4 is 5.73 Å². The van der Waals surface area contributed by atoms with Crippen LogP contribution in [0.1, 0.15) is 19.4 Å². The molecule has 0 bridgehead atoms. The molecule has 1 aromatic carbocycles. The molecule has 1 amide bonds. The van der Waals surface area contributed by atoms with Crippen molar-refractivity contribution in [2.45, 2.75) is 20.3 Å². The molecule has 0 spiro atoms. The standard InChI is InChI=1S/C15H20N2O/c1-15(2)12-8-17(9-13(12)15)14(18)7-10-3-5-11(16)6-4-10/h3-6,12-13H,7-9,16H2,1-2H3. The van der Waals surface area contributed by atoms with Crippen LogP contribution in [0.5, 0.6) is 0 Å². The van der Waals surface area contributed by atoms with Crippen LogP contribution in [0.2, 0.25) is 0 Å². The summed E-state index contributed by atoms with van der Waals surface area (Å²) in [6.45, 7) is 6.52. The first kappa shape index (κ1) is 11.6.